The Hall–Kier alpha value is -2.16. The second-order valence-electron chi connectivity index (χ2n) is 6.06. The summed E-state index contributed by atoms with van der Waals surface area (Å²) in [6.45, 7) is 6.57. The second-order valence-corrected chi connectivity index (χ2v) is 6.06. The topological polar surface area (TPSA) is 64.1 Å². The summed E-state index contributed by atoms with van der Waals surface area (Å²) < 4.78 is 16.7. The number of guanidine groups is 1. The van der Waals surface area contributed by atoms with Gasteiger partial charge in [0.15, 0.2) is 17.5 Å². The van der Waals surface area contributed by atoms with Gasteiger partial charge in [-0.1, -0.05) is 24.3 Å². The zero-order valence-electron chi connectivity index (χ0n) is 17.7. The van der Waals surface area contributed by atoms with E-state index in [4.69, 9.17) is 14.2 Å². The number of rotatable bonds is 10. The Kier molecular flexibility index (Phi) is 11.9. The molecule has 0 aliphatic carbocycles. The maximum absolute atomic E-state index is 5.69. The molecule has 6 nitrogen and oxygen atoms in total. The first kappa shape index (κ1) is 24.9. The molecular formula is C22H32IN3O3. The SMILES string of the molecule is CCOc1ccc(CCNC(=NC)NCc2ccccc2OC)cc1OCC.I. The lowest BCUT2D eigenvalue weighted by molar-refractivity contribution is 0.287. The maximum Gasteiger partial charge on any atom is 0.191 e. The van der Waals surface area contributed by atoms with E-state index in [1.807, 2.05) is 50.2 Å². The molecule has 7 heteroatoms. The number of methoxy groups -OCH3 is 1. The molecule has 0 atom stereocenters. The first-order chi connectivity index (χ1) is 13.7. The fourth-order valence-corrected chi connectivity index (χ4v) is 2.82. The van der Waals surface area contributed by atoms with Gasteiger partial charge in [-0.2, -0.15) is 0 Å². The van der Waals surface area contributed by atoms with Crippen molar-refractivity contribution >= 4 is 29.9 Å². The highest BCUT2D eigenvalue weighted by molar-refractivity contribution is 14.0. The minimum atomic E-state index is 0. The summed E-state index contributed by atoms with van der Waals surface area (Å²) in [5, 5.41) is 6.66. The molecule has 0 amide bonds. The average Bonchev–Trinajstić information content (AvgIpc) is 2.72. The quantitative estimate of drug-likeness (QED) is 0.286. The molecule has 0 heterocycles. The molecule has 2 aromatic carbocycles. The van der Waals surface area contributed by atoms with E-state index in [0.717, 1.165) is 41.7 Å². The summed E-state index contributed by atoms with van der Waals surface area (Å²) in [6.07, 6.45) is 0.849. The number of hydrogen-bond acceptors (Lipinski definition) is 4. The third-order valence-corrected chi connectivity index (χ3v) is 4.18. The summed E-state index contributed by atoms with van der Waals surface area (Å²) in [4.78, 5) is 4.28. The third kappa shape index (κ3) is 8.00. The summed E-state index contributed by atoms with van der Waals surface area (Å²) in [5.41, 5.74) is 2.26. The highest BCUT2D eigenvalue weighted by Gasteiger charge is 2.07. The largest absolute Gasteiger partial charge is 0.496 e. The van der Waals surface area contributed by atoms with Crippen LogP contribution >= 0.6 is 24.0 Å². The summed E-state index contributed by atoms with van der Waals surface area (Å²) in [5.74, 6) is 3.20. The molecule has 2 N–H and O–H groups in total. The Morgan fingerprint density at radius 1 is 0.931 bits per heavy atom. The Morgan fingerprint density at radius 2 is 1.66 bits per heavy atom. The molecule has 2 aromatic rings. The average molecular weight is 513 g/mol. The van der Waals surface area contributed by atoms with Gasteiger partial charge in [-0.05, 0) is 44.0 Å². The van der Waals surface area contributed by atoms with Crippen molar-refractivity contribution in [3.05, 3.63) is 53.6 Å². The molecule has 160 valence electrons. The molecule has 0 aromatic heterocycles. The lowest BCUT2D eigenvalue weighted by atomic mass is 10.1. The zero-order chi connectivity index (χ0) is 20.2. The van der Waals surface area contributed by atoms with Crippen molar-refractivity contribution in [1.82, 2.24) is 10.6 Å². The molecule has 0 unspecified atom stereocenters. The molecule has 0 fully saturated rings. The summed E-state index contributed by atoms with van der Waals surface area (Å²) in [6, 6.07) is 14.0. The van der Waals surface area contributed by atoms with Gasteiger partial charge < -0.3 is 24.8 Å². The fraction of sp³-hybridized carbons (Fsp3) is 0.409. The number of para-hydroxylation sites is 1. The van der Waals surface area contributed by atoms with E-state index in [2.05, 4.69) is 21.7 Å². The summed E-state index contributed by atoms with van der Waals surface area (Å²) >= 11 is 0. The van der Waals surface area contributed by atoms with E-state index >= 15 is 0 Å². The van der Waals surface area contributed by atoms with E-state index in [1.54, 1.807) is 14.2 Å². The van der Waals surface area contributed by atoms with E-state index in [0.29, 0.717) is 19.8 Å². The van der Waals surface area contributed by atoms with E-state index in [9.17, 15) is 0 Å². The van der Waals surface area contributed by atoms with Crippen molar-refractivity contribution in [2.75, 3.05) is 33.9 Å². The molecule has 0 radical (unpaired) electrons. The van der Waals surface area contributed by atoms with Crippen LogP contribution in [0.1, 0.15) is 25.0 Å². The van der Waals surface area contributed by atoms with Gasteiger partial charge in [0, 0.05) is 25.7 Å². The number of hydrogen-bond donors (Lipinski definition) is 2. The van der Waals surface area contributed by atoms with Crippen LogP contribution in [0.2, 0.25) is 0 Å². The van der Waals surface area contributed by atoms with Crippen LogP contribution in [0.15, 0.2) is 47.5 Å². The molecule has 0 spiro atoms. The molecule has 0 aliphatic rings. The number of nitrogens with zero attached hydrogens (tertiary/aromatic N) is 1. The second kappa shape index (κ2) is 13.9. The lowest BCUT2D eigenvalue weighted by Gasteiger charge is -2.15. The predicted octanol–water partition coefficient (Wildman–Crippen LogP) is 4.02. The van der Waals surface area contributed by atoms with E-state index in [1.165, 1.54) is 5.56 Å². The molecule has 0 bridgehead atoms. The highest BCUT2D eigenvalue weighted by Crippen LogP contribution is 2.28. The minimum absolute atomic E-state index is 0. The number of halogens is 1. The Labute approximate surface area is 191 Å². The minimum Gasteiger partial charge on any atom is -0.496 e. The van der Waals surface area contributed by atoms with Crippen LogP contribution in [0.4, 0.5) is 0 Å². The van der Waals surface area contributed by atoms with Crippen LogP contribution in [0.5, 0.6) is 17.2 Å². The number of ether oxygens (including phenoxy) is 3. The van der Waals surface area contributed by atoms with Gasteiger partial charge >= 0.3 is 0 Å². The smallest absolute Gasteiger partial charge is 0.191 e. The standard InChI is InChI=1S/C22H31N3O3.HI/c1-5-27-20-12-11-17(15-21(20)28-6-2)13-14-24-22(23-3)25-16-18-9-7-8-10-19(18)26-4;/h7-12,15H,5-6,13-14,16H2,1-4H3,(H2,23,24,25);1H. The van der Waals surface area contributed by atoms with Gasteiger partial charge in [-0.3, -0.25) is 4.99 Å². The van der Waals surface area contributed by atoms with Crippen molar-refractivity contribution in [3.63, 3.8) is 0 Å². The van der Waals surface area contributed by atoms with Crippen molar-refractivity contribution in [2.45, 2.75) is 26.8 Å². The van der Waals surface area contributed by atoms with Crippen LogP contribution in [0.25, 0.3) is 0 Å². The van der Waals surface area contributed by atoms with Crippen LogP contribution in [0, 0.1) is 0 Å². The first-order valence-corrected chi connectivity index (χ1v) is 9.66. The van der Waals surface area contributed by atoms with Gasteiger partial charge in [-0.15, -0.1) is 24.0 Å². The fourth-order valence-electron chi connectivity index (χ4n) is 2.82. The molecule has 29 heavy (non-hydrogen) atoms. The van der Waals surface area contributed by atoms with E-state index in [-0.39, 0.29) is 24.0 Å². The van der Waals surface area contributed by atoms with Crippen molar-refractivity contribution in [1.29, 1.82) is 0 Å². The van der Waals surface area contributed by atoms with Crippen molar-refractivity contribution < 1.29 is 14.2 Å². The van der Waals surface area contributed by atoms with Gasteiger partial charge in [0.25, 0.3) is 0 Å². The van der Waals surface area contributed by atoms with Crippen molar-refractivity contribution in [3.8, 4) is 17.2 Å². The number of benzene rings is 2. The third-order valence-electron chi connectivity index (χ3n) is 4.18. The van der Waals surface area contributed by atoms with Crippen molar-refractivity contribution in [2.24, 2.45) is 4.99 Å². The van der Waals surface area contributed by atoms with E-state index < -0.39 is 0 Å². The molecular weight excluding hydrogens is 481 g/mol. The zero-order valence-corrected chi connectivity index (χ0v) is 20.0. The van der Waals surface area contributed by atoms with Crippen LogP contribution in [0.3, 0.4) is 0 Å². The molecule has 2 rings (SSSR count). The number of nitrogens with one attached hydrogen (secondary N) is 2. The van der Waals surface area contributed by atoms with Gasteiger partial charge in [0.05, 0.1) is 20.3 Å². The Morgan fingerprint density at radius 3 is 2.34 bits per heavy atom. The summed E-state index contributed by atoms with van der Waals surface area (Å²) in [7, 11) is 3.45. The van der Waals surface area contributed by atoms with Gasteiger partial charge in [0.2, 0.25) is 0 Å². The number of aliphatic imine (C=N–C) groups is 1. The van der Waals surface area contributed by atoms with Crippen LogP contribution in [-0.2, 0) is 13.0 Å². The molecule has 0 aliphatic heterocycles. The molecule has 0 saturated carbocycles. The Balaban J connectivity index is 0.00000420. The van der Waals surface area contributed by atoms with Gasteiger partial charge in [0.1, 0.15) is 5.75 Å². The Bertz CT molecular complexity index is 769. The van der Waals surface area contributed by atoms with Crippen LogP contribution < -0.4 is 24.8 Å². The highest BCUT2D eigenvalue weighted by atomic mass is 127. The lowest BCUT2D eigenvalue weighted by Crippen LogP contribution is -2.37. The predicted molar refractivity (Wildman–Crippen MR) is 129 cm³/mol. The maximum atomic E-state index is 5.69. The van der Waals surface area contributed by atoms with Gasteiger partial charge in [-0.25, -0.2) is 0 Å². The molecule has 0 saturated heterocycles. The van der Waals surface area contributed by atoms with Crippen LogP contribution in [-0.4, -0.2) is 39.9 Å². The first-order valence-electron chi connectivity index (χ1n) is 9.66. The monoisotopic (exact) mass is 513 g/mol. The normalized spacial score (nSPS) is 10.7.